The first-order chi connectivity index (χ1) is 13.2. The van der Waals surface area contributed by atoms with Crippen molar-refractivity contribution >= 4 is 16.9 Å². The van der Waals surface area contributed by atoms with Crippen LogP contribution in [0.3, 0.4) is 0 Å². The molecule has 0 aromatic heterocycles. The molecule has 1 unspecified atom stereocenters. The lowest BCUT2D eigenvalue weighted by Crippen LogP contribution is -2.28. The van der Waals surface area contributed by atoms with Crippen molar-refractivity contribution in [3.05, 3.63) is 77.9 Å². The van der Waals surface area contributed by atoms with Crippen LogP contribution in [0.4, 0.5) is 11.4 Å². The topological polar surface area (TPSA) is 61.5 Å². The number of nitrogens with one attached hydrogen (secondary N) is 1. The fourth-order valence-corrected chi connectivity index (χ4v) is 3.25. The van der Waals surface area contributed by atoms with Gasteiger partial charge in [0.1, 0.15) is 0 Å². The molecule has 0 radical (unpaired) electrons. The number of benzene rings is 2. The van der Waals surface area contributed by atoms with Crippen molar-refractivity contribution in [3.8, 4) is 0 Å². The minimum atomic E-state index is -0.345. The molecule has 142 valence electrons. The van der Waals surface area contributed by atoms with Crippen LogP contribution in [0.25, 0.3) is 5.57 Å². The van der Waals surface area contributed by atoms with Gasteiger partial charge in [-0.15, -0.1) is 0 Å². The van der Waals surface area contributed by atoms with E-state index in [1.807, 2.05) is 12.2 Å². The van der Waals surface area contributed by atoms with Gasteiger partial charge in [-0.1, -0.05) is 42.5 Å². The number of hydrogen-bond acceptors (Lipinski definition) is 4. The van der Waals surface area contributed by atoms with Gasteiger partial charge in [-0.2, -0.15) is 0 Å². The lowest BCUT2D eigenvalue weighted by Gasteiger charge is -2.24. The summed E-state index contributed by atoms with van der Waals surface area (Å²) in [6, 6.07) is 16.9. The molecule has 0 heterocycles. The summed E-state index contributed by atoms with van der Waals surface area (Å²) in [4.78, 5) is 2.35. The van der Waals surface area contributed by atoms with Crippen LogP contribution in [0, 0.1) is 0 Å². The Morgan fingerprint density at radius 2 is 1.85 bits per heavy atom. The number of rotatable bonds is 8. The molecule has 2 aromatic carbocycles. The maximum absolute atomic E-state index is 9.54. The average Bonchev–Trinajstić information content (AvgIpc) is 2.72. The maximum atomic E-state index is 9.54. The van der Waals surface area contributed by atoms with Crippen molar-refractivity contribution in [2.45, 2.75) is 26.0 Å². The Balaban J connectivity index is 1.52. The normalized spacial score (nSPS) is 16.1. The average molecular weight is 364 g/mol. The Bertz CT molecular complexity index is 778. The third-order valence-corrected chi connectivity index (χ3v) is 4.93. The minimum absolute atomic E-state index is 0.345. The summed E-state index contributed by atoms with van der Waals surface area (Å²) in [6.45, 7) is 5.53. The van der Waals surface area contributed by atoms with Gasteiger partial charge in [0.2, 0.25) is 0 Å². The highest BCUT2D eigenvalue weighted by Gasteiger charge is 2.07. The molecule has 1 aliphatic carbocycles. The van der Waals surface area contributed by atoms with Crippen LogP contribution >= 0.6 is 0 Å². The SMILES string of the molecule is CCN(CCNc1ccc(C2=CCC(O)C=C2)cc1)c1ccc(CN)cc1. The third kappa shape index (κ3) is 5.22. The molecule has 0 fully saturated rings. The summed E-state index contributed by atoms with van der Waals surface area (Å²) in [6.07, 6.45) is 6.27. The Morgan fingerprint density at radius 1 is 1.11 bits per heavy atom. The molecule has 0 saturated carbocycles. The van der Waals surface area contributed by atoms with Gasteiger partial charge in [0.15, 0.2) is 0 Å². The second-order valence-corrected chi connectivity index (χ2v) is 6.78. The lowest BCUT2D eigenvalue weighted by molar-refractivity contribution is 0.226. The molecule has 0 bridgehead atoms. The zero-order valence-electron chi connectivity index (χ0n) is 15.9. The molecule has 0 aliphatic heterocycles. The number of anilines is 2. The molecule has 1 atom stereocenters. The van der Waals surface area contributed by atoms with Gasteiger partial charge in [-0.25, -0.2) is 0 Å². The van der Waals surface area contributed by atoms with Gasteiger partial charge in [0.05, 0.1) is 6.10 Å². The van der Waals surface area contributed by atoms with E-state index < -0.39 is 0 Å². The minimum Gasteiger partial charge on any atom is -0.389 e. The zero-order valence-corrected chi connectivity index (χ0v) is 15.9. The zero-order chi connectivity index (χ0) is 19.1. The van der Waals surface area contributed by atoms with Crippen LogP contribution in [0.5, 0.6) is 0 Å². The molecule has 0 spiro atoms. The van der Waals surface area contributed by atoms with Crippen molar-refractivity contribution < 1.29 is 5.11 Å². The molecule has 2 aromatic rings. The highest BCUT2D eigenvalue weighted by atomic mass is 16.3. The van der Waals surface area contributed by atoms with Crippen molar-refractivity contribution in [3.63, 3.8) is 0 Å². The third-order valence-electron chi connectivity index (χ3n) is 4.93. The molecule has 1 aliphatic rings. The van der Waals surface area contributed by atoms with E-state index in [9.17, 15) is 5.11 Å². The van der Waals surface area contributed by atoms with Crippen LogP contribution in [-0.2, 0) is 6.54 Å². The summed E-state index contributed by atoms with van der Waals surface area (Å²) in [5.74, 6) is 0. The largest absolute Gasteiger partial charge is 0.389 e. The number of hydrogen-bond donors (Lipinski definition) is 3. The fraction of sp³-hybridized carbons (Fsp3) is 0.304. The number of nitrogens with zero attached hydrogens (tertiary/aromatic N) is 1. The van der Waals surface area contributed by atoms with Crippen molar-refractivity contribution in [2.24, 2.45) is 5.73 Å². The summed E-state index contributed by atoms with van der Waals surface area (Å²) in [7, 11) is 0. The molecule has 3 rings (SSSR count). The van der Waals surface area contributed by atoms with Crippen LogP contribution in [-0.4, -0.2) is 30.8 Å². The predicted molar refractivity (Wildman–Crippen MR) is 115 cm³/mol. The van der Waals surface area contributed by atoms with Crippen molar-refractivity contribution in [2.75, 3.05) is 29.9 Å². The van der Waals surface area contributed by atoms with Crippen LogP contribution in [0.1, 0.15) is 24.5 Å². The first-order valence-corrected chi connectivity index (χ1v) is 9.64. The molecule has 4 N–H and O–H groups in total. The summed E-state index contributed by atoms with van der Waals surface area (Å²) >= 11 is 0. The quantitative estimate of drug-likeness (QED) is 0.668. The number of aliphatic hydroxyl groups is 1. The van der Waals surface area contributed by atoms with Crippen LogP contribution in [0.15, 0.2) is 66.8 Å². The number of allylic oxidation sites excluding steroid dienone is 2. The van der Waals surface area contributed by atoms with E-state index in [1.165, 1.54) is 16.8 Å². The van der Waals surface area contributed by atoms with E-state index >= 15 is 0 Å². The molecular formula is C23H29N3O. The Kier molecular flexibility index (Phi) is 6.69. The van der Waals surface area contributed by atoms with E-state index in [-0.39, 0.29) is 6.10 Å². The first-order valence-electron chi connectivity index (χ1n) is 9.64. The molecule has 0 amide bonds. The van der Waals surface area contributed by atoms with Crippen molar-refractivity contribution in [1.29, 1.82) is 0 Å². The van der Waals surface area contributed by atoms with Gasteiger partial charge in [-0.05, 0) is 54.3 Å². The summed E-state index contributed by atoms with van der Waals surface area (Å²) in [5.41, 5.74) is 11.5. The maximum Gasteiger partial charge on any atom is 0.0758 e. The van der Waals surface area contributed by atoms with E-state index in [0.29, 0.717) is 13.0 Å². The fourth-order valence-electron chi connectivity index (χ4n) is 3.25. The number of aliphatic hydroxyl groups excluding tert-OH is 1. The predicted octanol–water partition coefficient (Wildman–Crippen LogP) is 3.79. The molecule has 0 saturated heterocycles. The highest BCUT2D eigenvalue weighted by Crippen LogP contribution is 2.23. The monoisotopic (exact) mass is 363 g/mol. The molecular weight excluding hydrogens is 334 g/mol. The van der Waals surface area contributed by atoms with Gasteiger partial charge < -0.3 is 21.1 Å². The van der Waals surface area contributed by atoms with Gasteiger partial charge >= 0.3 is 0 Å². The van der Waals surface area contributed by atoms with Crippen molar-refractivity contribution in [1.82, 2.24) is 0 Å². The van der Waals surface area contributed by atoms with E-state index in [0.717, 1.165) is 30.9 Å². The van der Waals surface area contributed by atoms with Gasteiger partial charge in [-0.3, -0.25) is 0 Å². The number of nitrogens with two attached hydrogens (primary N) is 1. The second-order valence-electron chi connectivity index (χ2n) is 6.78. The Hall–Kier alpha value is -2.56. The van der Waals surface area contributed by atoms with Crippen LogP contribution < -0.4 is 16.0 Å². The summed E-state index contributed by atoms with van der Waals surface area (Å²) < 4.78 is 0. The Morgan fingerprint density at radius 3 is 2.44 bits per heavy atom. The summed E-state index contributed by atoms with van der Waals surface area (Å²) in [5, 5.41) is 13.0. The van der Waals surface area contributed by atoms with Crippen LogP contribution in [0.2, 0.25) is 0 Å². The lowest BCUT2D eigenvalue weighted by atomic mass is 9.98. The Labute approximate surface area is 162 Å². The number of likely N-dealkylation sites (N-methyl/N-ethyl adjacent to an activating group) is 1. The first kappa shape index (κ1) is 19.2. The van der Waals surface area contributed by atoms with E-state index in [1.54, 1.807) is 0 Å². The smallest absolute Gasteiger partial charge is 0.0758 e. The van der Waals surface area contributed by atoms with E-state index in [2.05, 4.69) is 71.7 Å². The standard InChI is InChI=1S/C23H29N3O/c1-2-26(22-11-3-18(17-24)4-12-22)16-15-25-21-9-5-19(6-10-21)20-7-13-23(27)14-8-20/h3-13,23,25,27H,2,14-17,24H2,1H3. The molecule has 27 heavy (non-hydrogen) atoms. The molecule has 4 nitrogen and oxygen atoms in total. The van der Waals surface area contributed by atoms with Gasteiger partial charge in [0.25, 0.3) is 0 Å². The second kappa shape index (κ2) is 9.40. The van der Waals surface area contributed by atoms with Gasteiger partial charge in [0, 0.05) is 37.6 Å². The highest BCUT2D eigenvalue weighted by molar-refractivity contribution is 5.75. The van der Waals surface area contributed by atoms with E-state index in [4.69, 9.17) is 5.73 Å². The molecule has 4 heteroatoms.